The minimum atomic E-state index is -0.296. The summed E-state index contributed by atoms with van der Waals surface area (Å²) in [7, 11) is 1.64. The first-order valence-corrected chi connectivity index (χ1v) is 6.55. The van der Waals surface area contributed by atoms with Crippen LogP contribution in [0.25, 0.3) is 11.1 Å². The maximum atomic E-state index is 11.9. The highest BCUT2D eigenvalue weighted by Crippen LogP contribution is 2.23. The van der Waals surface area contributed by atoms with Gasteiger partial charge in [-0.3, -0.25) is 0 Å². The van der Waals surface area contributed by atoms with Crippen LogP contribution in [0.1, 0.15) is 24.2 Å². The number of benzene rings is 2. The highest BCUT2D eigenvalue weighted by atomic mass is 16.5. The molecule has 0 saturated carbocycles. The van der Waals surface area contributed by atoms with E-state index in [4.69, 9.17) is 9.47 Å². The molecule has 0 radical (unpaired) electrons. The average molecular weight is 270 g/mol. The van der Waals surface area contributed by atoms with E-state index < -0.39 is 0 Å². The van der Waals surface area contributed by atoms with Crippen LogP contribution in [-0.4, -0.2) is 19.2 Å². The zero-order valence-corrected chi connectivity index (χ0v) is 11.9. The van der Waals surface area contributed by atoms with E-state index in [9.17, 15) is 4.79 Å². The van der Waals surface area contributed by atoms with Gasteiger partial charge in [-0.1, -0.05) is 24.3 Å². The lowest BCUT2D eigenvalue weighted by atomic mass is 10.0. The van der Waals surface area contributed by atoms with Gasteiger partial charge in [0, 0.05) is 0 Å². The molecule has 20 heavy (non-hydrogen) atoms. The fourth-order valence-corrected chi connectivity index (χ4v) is 1.89. The van der Waals surface area contributed by atoms with Gasteiger partial charge in [0.15, 0.2) is 0 Å². The Morgan fingerprint density at radius 3 is 2.30 bits per heavy atom. The van der Waals surface area contributed by atoms with Gasteiger partial charge in [0.1, 0.15) is 5.75 Å². The van der Waals surface area contributed by atoms with Crippen molar-refractivity contribution in [1.29, 1.82) is 0 Å². The highest BCUT2D eigenvalue weighted by molar-refractivity contribution is 5.91. The molecule has 0 saturated heterocycles. The molecule has 0 spiro atoms. The molecule has 0 aromatic heterocycles. The Kier molecular flexibility index (Phi) is 4.41. The third-order valence-electron chi connectivity index (χ3n) is 2.86. The van der Waals surface area contributed by atoms with Crippen LogP contribution in [0, 0.1) is 0 Å². The topological polar surface area (TPSA) is 35.5 Å². The van der Waals surface area contributed by atoms with E-state index in [0.29, 0.717) is 5.56 Å². The lowest BCUT2D eigenvalue weighted by Crippen LogP contribution is -2.11. The number of rotatable bonds is 4. The van der Waals surface area contributed by atoms with Crippen LogP contribution in [0.3, 0.4) is 0 Å². The standard InChI is InChI=1S/C17H18O3/c1-12(2)20-17(18)15-6-4-5-14(11-15)13-7-9-16(19-3)10-8-13/h4-12H,1-3H3. The van der Waals surface area contributed by atoms with Crippen LogP contribution in [0.15, 0.2) is 48.5 Å². The molecule has 2 rings (SSSR count). The molecule has 3 heteroatoms. The Morgan fingerprint density at radius 2 is 1.70 bits per heavy atom. The molecule has 0 aliphatic rings. The summed E-state index contributed by atoms with van der Waals surface area (Å²) in [5.41, 5.74) is 2.57. The van der Waals surface area contributed by atoms with Gasteiger partial charge in [-0.2, -0.15) is 0 Å². The fraction of sp³-hybridized carbons (Fsp3) is 0.235. The van der Waals surface area contributed by atoms with Gasteiger partial charge in [0.2, 0.25) is 0 Å². The van der Waals surface area contributed by atoms with Crippen molar-refractivity contribution in [1.82, 2.24) is 0 Å². The Labute approximate surface area is 119 Å². The van der Waals surface area contributed by atoms with Crippen molar-refractivity contribution >= 4 is 5.97 Å². The predicted molar refractivity (Wildman–Crippen MR) is 79.0 cm³/mol. The summed E-state index contributed by atoms with van der Waals surface area (Å²) in [4.78, 5) is 11.9. The lowest BCUT2D eigenvalue weighted by Gasteiger charge is -2.09. The summed E-state index contributed by atoms with van der Waals surface area (Å²) < 4.78 is 10.3. The number of hydrogen-bond acceptors (Lipinski definition) is 3. The molecule has 0 amide bonds. The maximum Gasteiger partial charge on any atom is 0.338 e. The number of methoxy groups -OCH3 is 1. The van der Waals surface area contributed by atoms with Gasteiger partial charge in [-0.25, -0.2) is 4.79 Å². The first-order chi connectivity index (χ1) is 9.60. The van der Waals surface area contributed by atoms with E-state index in [1.165, 1.54) is 0 Å². The monoisotopic (exact) mass is 270 g/mol. The van der Waals surface area contributed by atoms with Crippen molar-refractivity contribution in [2.24, 2.45) is 0 Å². The molecule has 0 aliphatic heterocycles. The van der Waals surface area contributed by atoms with Gasteiger partial charge in [-0.15, -0.1) is 0 Å². The summed E-state index contributed by atoms with van der Waals surface area (Å²) in [6, 6.07) is 15.1. The van der Waals surface area contributed by atoms with Gasteiger partial charge >= 0.3 is 5.97 Å². The van der Waals surface area contributed by atoms with Crippen molar-refractivity contribution in [2.45, 2.75) is 20.0 Å². The van der Waals surface area contributed by atoms with Gasteiger partial charge < -0.3 is 9.47 Å². The van der Waals surface area contributed by atoms with Gasteiger partial charge in [-0.05, 0) is 49.2 Å². The molecule has 2 aromatic rings. The molecule has 0 fully saturated rings. The van der Waals surface area contributed by atoms with Gasteiger partial charge in [0.25, 0.3) is 0 Å². The largest absolute Gasteiger partial charge is 0.497 e. The molecule has 0 heterocycles. The molecule has 104 valence electrons. The highest BCUT2D eigenvalue weighted by Gasteiger charge is 2.10. The van der Waals surface area contributed by atoms with Crippen LogP contribution in [-0.2, 0) is 4.74 Å². The normalized spacial score (nSPS) is 10.4. The summed E-state index contributed by atoms with van der Waals surface area (Å²) in [5, 5.41) is 0. The second-order valence-electron chi connectivity index (χ2n) is 4.76. The van der Waals surface area contributed by atoms with E-state index in [2.05, 4.69) is 0 Å². The van der Waals surface area contributed by atoms with Crippen molar-refractivity contribution in [3.8, 4) is 16.9 Å². The molecular formula is C17H18O3. The third kappa shape index (κ3) is 3.38. The van der Waals surface area contributed by atoms with E-state index in [-0.39, 0.29) is 12.1 Å². The summed E-state index contributed by atoms with van der Waals surface area (Å²) in [6.45, 7) is 3.68. The van der Waals surface area contributed by atoms with Gasteiger partial charge in [0.05, 0.1) is 18.8 Å². The van der Waals surface area contributed by atoms with Crippen molar-refractivity contribution in [2.75, 3.05) is 7.11 Å². The van der Waals surface area contributed by atoms with E-state index in [0.717, 1.165) is 16.9 Å². The Hall–Kier alpha value is -2.29. The SMILES string of the molecule is COc1ccc(-c2cccc(C(=O)OC(C)C)c2)cc1. The first kappa shape index (κ1) is 14.1. The van der Waals surface area contributed by atoms with E-state index >= 15 is 0 Å². The number of carbonyl (C=O) groups excluding carboxylic acids is 1. The van der Waals surface area contributed by atoms with E-state index in [1.54, 1.807) is 13.2 Å². The number of ether oxygens (including phenoxy) is 2. The fourth-order valence-electron chi connectivity index (χ4n) is 1.89. The number of carbonyl (C=O) groups is 1. The Morgan fingerprint density at radius 1 is 1.00 bits per heavy atom. The molecule has 0 N–H and O–H groups in total. The molecule has 0 unspecified atom stereocenters. The van der Waals surface area contributed by atoms with E-state index in [1.807, 2.05) is 56.3 Å². The average Bonchev–Trinajstić information content (AvgIpc) is 2.47. The van der Waals surface area contributed by atoms with Crippen LogP contribution >= 0.6 is 0 Å². The smallest absolute Gasteiger partial charge is 0.338 e. The molecule has 0 aliphatic carbocycles. The Bertz CT molecular complexity index is 585. The Balaban J connectivity index is 2.26. The quantitative estimate of drug-likeness (QED) is 0.790. The van der Waals surface area contributed by atoms with Crippen molar-refractivity contribution in [3.63, 3.8) is 0 Å². The molecule has 0 atom stereocenters. The molecule has 0 bridgehead atoms. The lowest BCUT2D eigenvalue weighted by molar-refractivity contribution is 0.0378. The molecule has 3 nitrogen and oxygen atoms in total. The van der Waals surface area contributed by atoms with Crippen molar-refractivity contribution < 1.29 is 14.3 Å². The van der Waals surface area contributed by atoms with Crippen LogP contribution < -0.4 is 4.74 Å². The van der Waals surface area contributed by atoms with Crippen molar-refractivity contribution in [3.05, 3.63) is 54.1 Å². The first-order valence-electron chi connectivity index (χ1n) is 6.55. The molecule has 2 aromatic carbocycles. The minimum Gasteiger partial charge on any atom is -0.497 e. The maximum absolute atomic E-state index is 11.9. The predicted octanol–water partition coefficient (Wildman–Crippen LogP) is 3.93. The second kappa shape index (κ2) is 6.24. The molecular weight excluding hydrogens is 252 g/mol. The summed E-state index contributed by atoms with van der Waals surface area (Å²) >= 11 is 0. The third-order valence-corrected chi connectivity index (χ3v) is 2.86. The van der Waals surface area contributed by atoms with Crippen LogP contribution in [0.4, 0.5) is 0 Å². The minimum absolute atomic E-state index is 0.118. The summed E-state index contributed by atoms with van der Waals surface area (Å²) in [6.07, 6.45) is -0.118. The second-order valence-corrected chi connectivity index (χ2v) is 4.76. The summed E-state index contributed by atoms with van der Waals surface area (Å²) in [5.74, 6) is 0.513. The number of esters is 1. The van der Waals surface area contributed by atoms with Crippen LogP contribution in [0.5, 0.6) is 5.75 Å². The number of hydrogen-bond donors (Lipinski definition) is 0. The zero-order valence-electron chi connectivity index (χ0n) is 11.9. The van der Waals surface area contributed by atoms with Crippen LogP contribution in [0.2, 0.25) is 0 Å². The zero-order chi connectivity index (χ0) is 14.5.